The Morgan fingerprint density at radius 1 is 1.30 bits per heavy atom. The molecule has 0 amide bonds. The average molecular weight is 284 g/mol. The van der Waals surface area contributed by atoms with Crippen LogP contribution in [0.4, 0.5) is 5.95 Å². The number of hydrogen-bond acceptors (Lipinski definition) is 4. The summed E-state index contributed by atoms with van der Waals surface area (Å²) in [4.78, 5) is 8.52. The van der Waals surface area contributed by atoms with Gasteiger partial charge in [0, 0.05) is 6.20 Å². The first kappa shape index (κ1) is 12.5. The van der Waals surface area contributed by atoms with Crippen LogP contribution >= 0.6 is 11.6 Å². The van der Waals surface area contributed by atoms with E-state index < -0.39 is 0 Å². The molecule has 0 aliphatic carbocycles. The molecule has 0 saturated carbocycles. The van der Waals surface area contributed by atoms with Crippen molar-refractivity contribution < 1.29 is 0 Å². The molecule has 6 heteroatoms. The van der Waals surface area contributed by atoms with Crippen LogP contribution in [0.2, 0.25) is 5.02 Å². The van der Waals surface area contributed by atoms with Crippen molar-refractivity contribution in [1.29, 1.82) is 5.26 Å². The van der Waals surface area contributed by atoms with Crippen molar-refractivity contribution in [2.75, 3.05) is 5.73 Å². The number of imidazole rings is 1. The Balaban J connectivity index is 2.14. The van der Waals surface area contributed by atoms with Crippen molar-refractivity contribution in [3.05, 3.63) is 47.1 Å². The van der Waals surface area contributed by atoms with E-state index in [0.29, 0.717) is 28.6 Å². The Morgan fingerprint density at radius 2 is 2.05 bits per heavy atom. The number of halogens is 1. The van der Waals surface area contributed by atoms with Crippen LogP contribution in [0.5, 0.6) is 0 Å². The molecule has 0 aliphatic rings. The van der Waals surface area contributed by atoms with Gasteiger partial charge < -0.3 is 5.73 Å². The van der Waals surface area contributed by atoms with Gasteiger partial charge in [0.05, 0.1) is 23.2 Å². The molecule has 0 bridgehead atoms. The first-order chi connectivity index (χ1) is 9.69. The molecular weight excluding hydrogens is 274 g/mol. The monoisotopic (exact) mass is 283 g/mol. The fourth-order valence-corrected chi connectivity index (χ4v) is 2.22. The van der Waals surface area contributed by atoms with Crippen molar-refractivity contribution in [2.24, 2.45) is 0 Å². The van der Waals surface area contributed by atoms with Gasteiger partial charge in [-0.25, -0.2) is 9.97 Å². The molecule has 3 rings (SSSR count). The number of nitriles is 1. The van der Waals surface area contributed by atoms with Crippen LogP contribution < -0.4 is 5.73 Å². The van der Waals surface area contributed by atoms with Crippen LogP contribution in [-0.2, 0) is 6.42 Å². The maximum atomic E-state index is 8.68. The highest BCUT2D eigenvalue weighted by Gasteiger charge is 2.11. The van der Waals surface area contributed by atoms with Gasteiger partial charge in [0.25, 0.3) is 0 Å². The van der Waals surface area contributed by atoms with Crippen molar-refractivity contribution >= 4 is 28.7 Å². The Morgan fingerprint density at radius 3 is 2.75 bits per heavy atom. The van der Waals surface area contributed by atoms with E-state index in [1.807, 2.05) is 24.3 Å². The molecule has 0 radical (unpaired) electrons. The molecule has 5 nitrogen and oxygen atoms in total. The van der Waals surface area contributed by atoms with E-state index in [1.54, 1.807) is 16.8 Å². The highest BCUT2D eigenvalue weighted by molar-refractivity contribution is 6.31. The third-order valence-electron chi connectivity index (χ3n) is 2.97. The van der Waals surface area contributed by atoms with Crippen LogP contribution in [-0.4, -0.2) is 14.5 Å². The second-order valence-corrected chi connectivity index (χ2v) is 4.74. The quantitative estimate of drug-likeness (QED) is 0.784. The summed E-state index contributed by atoms with van der Waals surface area (Å²) in [5.41, 5.74) is 9.05. The van der Waals surface area contributed by atoms with E-state index in [1.165, 1.54) is 0 Å². The third-order valence-corrected chi connectivity index (χ3v) is 3.17. The van der Waals surface area contributed by atoms with E-state index in [4.69, 9.17) is 22.6 Å². The number of aromatic nitrogens is 3. The molecule has 0 saturated heterocycles. The number of pyridine rings is 1. The predicted molar refractivity (Wildman–Crippen MR) is 77.6 cm³/mol. The van der Waals surface area contributed by atoms with Crippen molar-refractivity contribution in [2.45, 2.75) is 6.42 Å². The first-order valence-electron chi connectivity index (χ1n) is 5.95. The SMILES string of the molecule is N#CCc1ccc(-n2c(N)nc3cc(Cl)cnc32)cc1. The van der Waals surface area contributed by atoms with Gasteiger partial charge in [-0.15, -0.1) is 0 Å². The van der Waals surface area contributed by atoms with E-state index in [2.05, 4.69) is 16.0 Å². The van der Waals surface area contributed by atoms with Crippen molar-refractivity contribution in [1.82, 2.24) is 14.5 Å². The van der Waals surface area contributed by atoms with Gasteiger partial charge in [0.2, 0.25) is 5.95 Å². The number of benzene rings is 1. The first-order valence-corrected chi connectivity index (χ1v) is 6.32. The zero-order valence-electron chi connectivity index (χ0n) is 10.4. The van der Waals surface area contributed by atoms with Crippen LogP contribution in [0, 0.1) is 11.3 Å². The van der Waals surface area contributed by atoms with E-state index in [-0.39, 0.29) is 0 Å². The maximum absolute atomic E-state index is 8.68. The third kappa shape index (κ3) is 2.06. The molecule has 0 spiro atoms. The standard InChI is InChI=1S/C14H10ClN5/c15-10-7-12-13(18-8-10)20(14(17)19-12)11-3-1-9(2-4-11)5-6-16/h1-4,7-8H,5H2,(H2,17,19). The Labute approximate surface area is 120 Å². The summed E-state index contributed by atoms with van der Waals surface area (Å²) in [5.74, 6) is 0.350. The second kappa shape index (κ2) is 4.83. The number of fused-ring (bicyclic) bond motifs is 1. The fourth-order valence-electron chi connectivity index (χ4n) is 2.07. The van der Waals surface area contributed by atoms with E-state index >= 15 is 0 Å². The number of anilines is 1. The predicted octanol–water partition coefficient (Wildman–Crippen LogP) is 2.72. The summed E-state index contributed by atoms with van der Waals surface area (Å²) in [6, 6.07) is 11.4. The topological polar surface area (TPSA) is 80.5 Å². The minimum absolute atomic E-state index is 0.350. The summed E-state index contributed by atoms with van der Waals surface area (Å²) in [6.45, 7) is 0. The van der Waals surface area contributed by atoms with Gasteiger partial charge in [-0.1, -0.05) is 23.7 Å². The number of nitrogens with two attached hydrogens (primary N) is 1. The summed E-state index contributed by atoms with van der Waals surface area (Å²) in [5, 5.41) is 9.20. The largest absolute Gasteiger partial charge is 0.369 e. The van der Waals surface area contributed by atoms with Crippen molar-refractivity contribution in [3.8, 4) is 11.8 Å². The maximum Gasteiger partial charge on any atom is 0.207 e. The van der Waals surface area contributed by atoms with E-state index in [0.717, 1.165) is 11.3 Å². The lowest BCUT2D eigenvalue weighted by Crippen LogP contribution is -2.01. The summed E-state index contributed by atoms with van der Waals surface area (Å²) in [7, 11) is 0. The van der Waals surface area contributed by atoms with Gasteiger partial charge >= 0.3 is 0 Å². The lowest BCUT2D eigenvalue weighted by molar-refractivity contribution is 1.08. The zero-order chi connectivity index (χ0) is 14.1. The molecule has 20 heavy (non-hydrogen) atoms. The summed E-state index contributed by atoms with van der Waals surface area (Å²) < 4.78 is 1.75. The van der Waals surface area contributed by atoms with Gasteiger partial charge in [0.15, 0.2) is 5.65 Å². The summed E-state index contributed by atoms with van der Waals surface area (Å²) >= 11 is 5.90. The van der Waals surface area contributed by atoms with Crippen LogP contribution in [0.15, 0.2) is 36.5 Å². The minimum atomic E-state index is 0.350. The van der Waals surface area contributed by atoms with Crippen molar-refractivity contribution in [3.63, 3.8) is 0 Å². The molecule has 0 unspecified atom stereocenters. The molecular formula is C14H10ClN5. The molecule has 0 aliphatic heterocycles. The van der Waals surface area contributed by atoms with Gasteiger partial charge in [-0.3, -0.25) is 4.57 Å². The van der Waals surface area contributed by atoms with Gasteiger partial charge in [0.1, 0.15) is 5.52 Å². The van der Waals surface area contributed by atoms with E-state index in [9.17, 15) is 0 Å². The van der Waals surface area contributed by atoms with Gasteiger partial charge in [-0.2, -0.15) is 5.26 Å². The molecule has 2 aromatic heterocycles. The number of nitrogen functional groups attached to an aromatic ring is 1. The Kier molecular flexibility index (Phi) is 3.01. The smallest absolute Gasteiger partial charge is 0.207 e. The molecule has 2 N–H and O–H groups in total. The number of nitrogens with zero attached hydrogens (tertiary/aromatic N) is 4. The normalized spacial score (nSPS) is 10.6. The lowest BCUT2D eigenvalue weighted by Gasteiger charge is -2.06. The molecule has 0 fully saturated rings. The second-order valence-electron chi connectivity index (χ2n) is 4.30. The molecule has 0 atom stereocenters. The molecule has 98 valence electrons. The Hall–Kier alpha value is -2.58. The van der Waals surface area contributed by atoms with Crippen LogP contribution in [0.25, 0.3) is 16.9 Å². The fraction of sp³-hybridized carbons (Fsp3) is 0.0714. The van der Waals surface area contributed by atoms with Crippen LogP contribution in [0.1, 0.15) is 5.56 Å². The molecule has 3 aromatic rings. The average Bonchev–Trinajstić information content (AvgIpc) is 2.75. The number of rotatable bonds is 2. The van der Waals surface area contributed by atoms with Gasteiger partial charge in [-0.05, 0) is 23.8 Å². The molecule has 1 aromatic carbocycles. The lowest BCUT2D eigenvalue weighted by atomic mass is 10.1. The van der Waals surface area contributed by atoms with Crippen LogP contribution in [0.3, 0.4) is 0 Å². The highest BCUT2D eigenvalue weighted by atomic mass is 35.5. The molecule has 2 heterocycles. The number of hydrogen-bond donors (Lipinski definition) is 1. The minimum Gasteiger partial charge on any atom is -0.369 e. The summed E-state index contributed by atoms with van der Waals surface area (Å²) in [6.07, 6.45) is 1.94. The zero-order valence-corrected chi connectivity index (χ0v) is 11.2. The highest BCUT2D eigenvalue weighted by Crippen LogP contribution is 2.23. The Bertz CT molecular complexity index is 814.